The fourth-order valence-electron chi connectivity index (χ4n) is 3.19. The van der Waals surface area contributed by atoms with Crippen LogP contribution in [0.5, 0.6) is 0 Å². The normalized spacial score (nSPS) is 27.7. The van der Waals surface area contributed by atoms with Crippen LogP contribution in [-0.4, -0.2) is 26.3 Å². The van der Waals surface area contributed by atoms with E-state index in [1.165, 1.54) is 12.7 Å². The minimum atomic E-state index is -0.603. The molecule has 1 rings (SSSR count). The Morgan fingerprint density at radius 3 is 2.42 bits per heavy atom. The van der Waals surface area contributed by atoms with Crippen molar-refractivity contribution in [3.63, 3.8) is 0 Å². The van der Waals surface area contributed by atoms with Gasteiger partial charge in [-0.2, -0.15) is 0 Å². The van der Waals surface area contributed by atoms with E-state index >= 15 is 0 Å². The zero-order chi connectivity index (χ0) is 14.8. The van der Waals surface area contributed by atoms with Gasteiger partial charge in [-0.3, -0.25) is 4.79 Å². The first-order valence-electron chi connectivity index (χ1n) is 6.70. The predicted octanol–water partition coefficient (Wildman–Crippen LogP) is 3.36. The molecule has 1 aliphatic carbocycles. The summed E-state index contributed by atoms with van der Waals surface area (Å²) in [6.45, 7) is 12.0. The lowest BCUT2D eigenvalue weighted by Crippen LogP contribution is -2.47. The van der Waals surface area contributed by atoms with E-state index in [4.69, 9.17) is 9.47 Å². The van der Waals surface area contributed by atoms with Gasteiger partial charge in [-0.05, 0) is 45.6 Å². The SMILES string of the molecule is C=C(C)[C@@H]1CC=C(C)[C@H](OC)[C@H]1C(C)(C)C(=O)OC. The number of rotatable bonds is 4. The lowest BCUT2D eigenvalue weighted by molar-refractivity contribution is -0.159. The van der Waals surface area contributed by atoms with Crippen molar-refractivity contribution in [1.29, 1.82) is 0 Å². The molecule has 19 heavy (non-hydrogen) atoms. The molecule has 0 aromatic rings. The second kappa shape index (κ2) is 5.91. The Hall–Kier alpha value is -1.09. The average Bonchev–Trinajstić information content (AvgIpc) is 2.36. The molecule has 0 saturated heterocycles. The first-order valence-corrected chi connectivity index (χ1v) is 6.70. The smallest absolute Gasteiger partial charge is 0.311 e. The van der Waals surface area contributed by atoms with Crippen molar-refractivity contribution in [2.75, 3.05) is 14.2 Å². The Morgan fingerprint density at radius 1 is 1.42 bits per heavy atom. The van der Waals surface area contributed by atoms with Gasteiger partial charge in [0.25, 0.3) is 0 Å². The van der Waals surface area contributed by atoms with Crippen molar-refractivity contribution in [1.82, 2.24) is 0 Å². The molecule has 0 heterocycles. The monoisotopic (exact) mass is 266 g/mol. The van der Waals surface area contributed by atoms with Gasteiger partial charge in [-0.15, -0.1) is 0 Å². The average molecular weight is 266 g/mol. The van der Waals surface area contributed by atoms with Crippen LogP contribution in [0.25, 0.3) is 0 Å². The highest BCUT2D eigenvalue weighted by Crippen LogP contribution is 2.46. The second-order valence-electron chi connectivity index (χ2n) is 6.03. The largest absolute Gasteiger partial charge is 0.469 e. The number of allylic oxidation sites excluding steroid dienone is 2. The Labute approximate surface area is 116 Å². The molecule has 0 amide bonds. The highest BCUT2D eigenvalue weighted by molar-refractivity contribution is 5.76. The molecule has 0 aromatic carbocycles. The van der Waals surface area contributed by atoms with Gasteiger partial charge in [-0.25, -0.2) is 0 Å². The van der Waals surface area contributed by atoms with Gasteiger partial charge in [0.05, 0.1) is 18.6 Å². The molecule has 0 radical (unpaired) electrons. The molecule has 0 N–H and O–H groups in total. The van der Waals surface area contributed by atoms with Crippen LogP contribution in [-0.2, 0) is 14.3 Å². The third kappa shape index (κ3) is 2.92. The summed E-state index contributed by atoms with van der Waals surface area (Å²) in [5.74, 6) is 0.0932. The van der Waals surface area contributed by atoms with E-state index in [9.17, 15) is 4.79 Å². The molecule has 0 bridgehead atoms. The van der Waals surface area contributed by atoms with E-state index in [0.29, 0.717) is 0 Å². The van der Waals surface area contributed by atoms with E-state index in [1.54, 1.807) is 7.11 Å². The molecule has 3 heteroatoms. The number of ether oxygens (including phenoxy) is 2. The van der Waals surface area contributed by atoms with E-state index in [-0.39, 0.29) is 23.9 Å². The maximum atomic E-state index is 12.1. The lowest BCUT2D eigenvalue weighted by Gasteiger charge is -2.44. The number of hydrogen-bond acceptors (Lipinski definition) is 3. The summed E-state index contributed by atoms with van der Waals surface area (Å²) >= 11 is 0. The van der Waals surface area contributed by atoms with Crippen LogP contribution >= 0.6 is 0 Å². The van der Waals surface area contributed by atoms with Crippen LogP contribution in [0.15, 0.2) is 23.8 Å². The first kappa shape index (κ1) is 16.0. The van der Waals surface area contributed by atoms with Crippen LogP contribution in [0.4, 0.5) is 0 Å². The molecule has 0 aliphatic heterocycles. The summed E-state index contributed by atoms with van der Waals surface area (Å²) in [6.07, 6.45) is 3.04. The quantitative estimate of drug-likeness (QED) is 0.578. The molecule has 0 saturated carbocycles. The minimum absolute atomic E-state index is 0.0486. The fraction of sp³-hybridized carbons (Fsp3) is 0.688. The number of carbonyl (C=O) groups excluding carboxylic acids is 1. The minimum Gasteiger partial charge on any atom is -0.469 e. The molecular weight excluding hydrogens is 240 g/mol. The molecular formula is C16H26O3. The van der Waals surface area contributed by atoms with E-state index in [0.717, 1.165) is 12.0 Å². The summed E-state index contributed by atoms with van der Waals surface area (Å²) in [4.78, 5) is 12.1. The van der Waals surface area contributed by atoms with Crippen molar-refractivity contribution < 1.29 is 14.3 Å². The van der Waals surface area contributed by atoms with Crippen LogP contribution in [0.3, 0.4) is 0 Å². The van der Waals surface area contributed by atoms with Gasteiger partial charge in [0.1, 0.15) is 0 Å². The Kier molecular flexibility index (Phi) is 4.97. The van der Waals surface area contributed by atoms with Crippen LogP contribution in [0, 0.1) is 17.3 Å². The Balaban J connectivity index is 3.25. The standard InChI is InChI=1S/C16H26O3/c1-10(2)12-9-8-11(3)14(18-6)13(12)16(4,5)15(17)19-7/h8,12-14H,1,9H2,2-7H3/t12-,13-,14-/m0/s1. The van der Waals surface area contributed by atoms with E-state index < -0.39 is 5.41 Å². The Morgan fingerprint density at radius 2 is 2.00 bits per heavy atom. The van der Waals surface area contributed by atoms with Gasteiger partial charge in [0.15, 0.2) is 0 Å². The summed E-state index contributed by atoms with van der Waals surface area (Å²) in [5, 5.41) is 0. The molecule has 0 aromatic heterocycles. The first-order chi connectivity index (χ1) is 8.77. The van der Waals surface area contributed by atoms with Crippen LogP contribution in [0.1, 0.15) is 34.1 Å². The molecule has 3 nitrogen and oxygen atoms in total. The third-order valence-corrected chi connectivity index (χ3v) is 4.33. The molecule has 0 spiro atoms. The summed E-state index contributed by atoms with van der Waals surface area (Å²) < 4.78 is 10.6. The molecule has 0 unspecified atom stereocenters. The van der Waals surface area contributed by atoms with Crippen molar-refractivity contribution in [3.8, 4) is 0 Å². The van der Waals surface area contributed by atoms with Gasteiger partial charge >= 0.3 is 5.97 Å². The van der Waals surface area contributed by atoms with E-state index in [1.807, 2.05) is 20.8 Å². The number of methoxy groups -OCH3 is 2. The maximum absolute atomic E-state index is 12.1. The summed E-state index contributed by atoms with van der Waals surface area (Å²) in [5.41, 5.74) is 1.67. The molecule has 1 aliphatic rings. The molecule has 0 fully saturated rings. The van der Waals surface area contributed by atoms with Crippen LogP contribution in [0.2, 0.25) is 0 Å². The van der Waals surface area contributed by atoms with Gasteiger partial charge < -0.3 is 9.47 Å². The summed E-state index contributed by atoms with van der Waals surface area (Å²) in [6, 6.07) is 0. The highest BCUT2D eigenvalue weighted by atomic mass is 16.5. The molecule has 108 valence electrons. The highest BCUT2D eigenvalue weighted by Gasteiger charge is 2.48. The topological polar surface area (TPSA) is 35.5 Å². The lowest BCUT2D eigenvalue weighted by atomic mass is 9.62. The second-order valence-corrected chi connectivity index (χ2v) is 6.03. The third-order valence-electron chi connectivity index (χ3n) is 4.33. The molecule has 3 atom stereocenters. The number of carbonyl (C=O) groups is 1. The van der Waals surface area contributed by atoms with Gasteiger partial charge in [-0.1, -0.05) is 18.2 Å². The van der Waals surface area contributed by atoms with Gasteiger partial charge in [0.2, 0.25) is 0 Å². The number of hydrogen-bond donors (Lipinski definition) is 0. The maximum Gasteiger partial charge on any atom is 0.311 e. The van der Waals surface area contributed by atoms with Crippen molar-refractivity contribution in [2.45, 2.75) is 40.2 Å². The zero-order valence-electron chi connectivity index (χ0n) is 12.9. The zero-order valence-corrected chi connectivity index (χ0v) is 12.9. The van der Waals surface area contributed by atoms with E-state index in [2.05, 4.69) is 19.6 Å². The van der Waals surface area contributed by atoms with Crippen molar-refractivity contribution >= 4 is 5.97 Å². The summed E-state index contributed by atoms with van der Waals surface area (Å²) in [7, 11) is 3.14. The fourth-order valence-corrected chi connectivity index (χ4v) is 3.19. The Bertz CT molecular complexity index is 391. The van der Waals surface area contributed by atoms with Crippen molar-refractivity contribution in [2.24, 2.45) is 17.3 Å². The number of esters is 1. The van der Waals surface area contributed by atoms with Crippen LogP contribution < -0.4 is 0 Å². The predicted molar refractivity (Wildman–Crippen MR) is 76.8 cm³/mol. The van der Waals surface area contributed by atoms with Gasteiger partial charge in [0, 0.05) is 13.0 Å². The van der Waals surface area contributed by atoms with Crippen molar-refractivity contribution in [3.05, 3.63) is 23.8 Å².